The van der Waals surface area contributed by atoms with E-state index in [1.165, 1.54) is 45.3 Å². The van der Waals surface area contributed by atoms with Crippen LogP contribution in [0.1, 0.15) is 46.5 Å². The molecule has 0 aromatic rings. The molecule has 0 spiro atoms. The van der Waals surface area contributed by atoms with Crippen molar-refractivity contribution in [2.45, 2.75) is 46.5 Å². The Morgan fingerprint density at radius 1 is 1.13 bits per heavy atom. The fraction of sp³-hybridized carbons (Fsp3) is 1.00. The van der Waals surface area contributed by atoms with Crippen molar-refractivity contribution >= 4 is 0 Å². The molecule has 0 rings (SSSR count). The lowest BCUT2D eigenvalue weighted by molar-refractivity contribution is 0.276. The Labute approximate surface area is 96.4 Å². The Morgan fingerprint density at radius 3 is 2.47 bits per heavy atom. The third-order valence-electron chi connectivity index (χ3n) is 2.96. The van der Waals surface area contributed by atoms with Crippen LogP contribution < -0.4 is 5.32 Å². The SMILES string of the molecule is CCNCCCCCN(C)CC(C)CC. The van der Waals surface area contributed by atoms with Gasteiger partial charge in [0.15, 0.2) is 0 Å². The Hall–Kier alpha value is -0.0800. The van der Waals surface area contributed by atoms with Gasteiger partial charge in [-0.05, 0) is 45.4 Å². The second kappa shape index (κ2) is 10.4. The van der Waals surface area contributed by atoms with E-state index in [1.54, 1.807) is 0 Å². The van der Waals surface area contributed by atoms with Crippen LogP contribution in [0.25, 0.3) is 0 Å². The maximum Gasteiger partial charge on any atom is 0.000387 e. The summed E-state index contributed by atoms with van der Waals surface area (Å²) in [5, 5.41) is 3.36. The van der Waals surface area contributed by atoms with Gasteiger partial charge in [0.25, 0.3) is 0 Å². The molecule has 0 fully saturated rings. The molecule has 0 heterocycles. The molecule has 0 aromatic carbocycles. The molecule has 0 aliphatic rings. The molecule has 0 aromatic heterocycles. The van der Waals surface area contributed by atoms with E-state index in [-0.39, 0.29) is 0 Å². The van der Waals surface area contributed by atoms with E-state index in [1.807, 2.05) is 0 Å². The summed E-state index contributed by atoms with van der Waals surface area (Å²) < 4.78 is 0. The summed E-state index contributed by atoms with van der Waals surface area (Å²) in [4.78, 5) is 2.47. The fourth-order valence-electron chi connectivity index (χ4n) is 1.74. The van der Waals surface area contributed by atoms with Crippen molar-refractivity contribution in [3.8, 4) is 0 Å². The Balaban J connectivity index is 3.20. The van der Waals surface area contributed by atoms with Crippen LogP contribution in [0.5, 0.6) is 0 Å². The zero-order chi connectivity index (χ0) is 11.5. The van der Waals surface area contributed by atoms with Crippen LogP contribution >= 0.6 is 0 Å². The molecule has 92 valence electrons. The van der Waals surface area contributed by atoms with E-state index in [0.29, 0.717) is 0 Å². The van der Waals surface area contributed by atoms with Gasteiger partial charge in [0.05, 0.1) is 0 Å². The first-order valence-corrected chi connectivity index (χ1v) is 6.59. The van der Waals surface area contributed by atoms with Gasteiger partial charge in [-0.1, -0.05) is 33.6 Å². The molecule has 0 aliphatic heterocycles. The lowest BCUT2D eigenvalue weighted by atomic mass is 10.1. The predicted octanol–water partition coefficient (Wildman–Crippen LogP) is 2.74. The average Bonchev–Trinajstić information content (AvgIpc) is 2.23. The summed E-state index contributed by atoms with van der Waals surface area (Å²) in [6.07, 6.45) is 5.33. The first kappa shape index (κ1) is 14.9. The number of nitrogens with zero attached hydrogens (tertiary/aromatic N) is 1. The lowest BCUT2D eigenvalue weighted by Gasteiger charge is -2.20. The maximum absolute atomic E-state index is 3.36. The van der Waals surface area contributed by atoms with Gasteiger partial charge >= 0.3 is 0 Å². The summed E-state index contributed by atoms with van der Waals surface area (Å²) in [5.74, 6) is 0.844. The normalized spacial score (nSPS) is 13.4. The highest BCUT2D eigenvalue weighted by Gasteiger charge is 2.03. The van der Waals surface area contributed by atoms with Crippen LogP contribution in [0.15, 0.2) is 0 Å². The van der Waals surface area contributed by atoms with Crippen LogP contribution in [0, 0.1) is 5.92 Å². The summed E-state index contributed by atoms with van der Waals surface area (Å²) in [7, 11) is 2.25. The van der Waals surface area contributed by atoms with E-state index in [4.69, 9.17) is 0 Å². The first-order chi connectivity index (χ1) is 7.20. The zero-order valence-corrected chi connectivity index (χ0v) is 11.2. The first-order valence-electron chi connectivity index (χ1n) is 6.59. The van der Waals surface area contributed by atoms with Gasteiger partial charge in [-0.25, -0.2) is 0 Å². The third kappa shape index (κ3) is 10.2. The van der Waals surface area contributed by atoms with Crippen LogP contribution in [-0.4, -0.2) is 38.1 Å². The number of hydrogen-bond donors (Lipinski definition) is 1. The van der Waals surface area contributed by atoms with Gasteiger partial charge in [-0.15, -0.1) is 0 Å². The molecular weight excluding hydrogens is 184 g/mol. The van der Waals surface area contributed by atoms with Crippen molar-refractivity contribution in [1.82, 2.24) is 10.2 Å². The van der Waals surface area contributed by atoms with E-state index >= 15 is 0 Å². The monoisotopic (exact) mass is 214 g/mol. The van der Waals surface area contributed by atoms with Crippen molar-refractivity contribution in [3.05, 3.63) is 0 Å². The topological polar surface area (TPSA) is 15.3 Å². The summed E-state index contributed by atoms with van der Waals surface area (Å²) in [6, 6.07) is 0. The smallest absolute Gasteiger partial charge is 0.000387 e. The molecule has 0 saturated heterocycles. The average molecular weight is 214 g/mol. The standard InChI is InChI=1S/C13H30N2/c1-5-13(3)12-15(4)11-9-7-8-10-14-6-2/h13-14H,5-12H2,1-4H3. The van der Waals surface area contributed by atoms with Crippen LogP contribution in [0.2, 0.25) is 0 Å². The van der Waals surface area contributed by atoms with E-state index in [9.17, 15) is 0 Å². The van der Waals surface area contributed by atoms with Crippen LogP contribution in [-0.2, 0) is 0 Å². The Kier molecular flexibility index (Phi) is 10.4. The molecule has 2 heteroatoms. The molecule has 0 bridgehead atoms. The molecule has 0 amide bonds. The third-order valence-corrected chi connectivity index (χ3v) is 2.96. The molecular formula is C13H30N2. The largest absolute Gasteiger partial charge is 0.317 e. The van der Waals surface area contributed by atoms with Gasteiger partial charge in [-0.2, -0.15) is 0 Å². The Bertz CT molecular complexity index is 126. The van der Waals surface area contributed by atoms with Gasteiger partial charge in [0, 0.05) is 6.54 Å². The second-order valence-electron chi connectivity index (χ2n) is 4.69. The van der Waals surface area contributed by atoms with Crippen molar-refractivity contribution in [1.29, 1.82) is 0 Å². The highest BCUT2D eigenvalue weighted by molar-refractivity contribution is 4.58. The van der Waals surface area contributed by atoms with E-state index < -0.39 is 0 Å². The fourth-order valence-corrected chi connectivity index (χ4v) is 1.74. The number of unbranched alkanes of at least 4 members (excludes halogenated alkanes) is 2. The van der Waals surface area contributed by atoms with Crippen molar-refractivity contribution < 1.29 is 0 Å². The molecule has 0 radical (unpaired) electrons. The summed E-state index contributed by atoms with van der Waals surface area (Å²) in [5.41, 5.74) is 0. The van der Waals surface area contributed by atoms with Crippen LogP contribution in [0.4, 0.5) is 0 Å². The highest BCUT2D eigenvalue weighted by atomic mass is 15.1. The predicted molar refractivity (Wildman–Crippen MR) is 69.3 cm³/mol. The molecule has 0 saturated carbocycles. The number of nitrogens with one attached hydrogen (secondary N) is 1. The maximum atomic E-state index is 3.36. The van der Waals surface area contributed by atoms with Gasteiger partial charge < -0.3 is 10.2 Å². The molecule has 1 atom stereocenters. The van der Waals surface area contributed by atoms with Gasteiger partial charge in [0.1, 0.15) is 0 Å². The lowest BCUT2D eigenvalue weighted by Crippen LogP contribution is -2.25. The molecule has 2 nitrogen and oxygen atoms in total. The zero-order valence-electron chi connectivity index (χ0n) is 11.2. The van der Waals surface area contributed by atoms with E-state index in [0.717, 1.165) is 12.5 Å². The van der Waals surface area contributed by atoms with Crippen molar-refractivity contribution in [2.24, 2.45) is 5.92 Å². The minimum atomic E-state index is 0.844. The Morgan fingerprint density at radius 2 is 1.87 bits per heavy atom. The quantitative estimate of drug-likeness (QED) is 0.563. The van der Waals surface area contributed by atoms with Gasteiger partial charge in [0.2, 0.25) is 0 Å². The summed E-state index contributed by atoms with van der Waals surface area (Å²) in [6.45, 7) is 11.6. The minimum absolute atomic E-state index is 0.844. The molecule has 0 aliphatic carbocycles. The minimum Gasteiger partial charge on any atom is -0.317 e. The molecule has 15 heavy (non-hydrogen) atoms. The highest BCUT2D eigenvalue weighted by Crippen LogP contribution is 2.04. The summed E-state index contributed by atoms with van der Waals surface area (Å²) >= 11 is 0. The van der Waals surface area contributed by atoms with Crippen molar-refractivity contribution in [3.63, 3.8) is 0 Å². The number of rotatable bonds is 10. The van der Waals surface area contributed by atoms with Crippen molar-refractivity contribution in [2.75, 3.05) is 33.2 Å². The number of hydrogen-bond acceptors (Lipinski definition) is 2. The molecule has 1 unspecified atom stereocenters. The molecule has 1 N–H and O–H groups in total. The second-order valence-corrected chi connectivity index (χ2v) is 4.69. The van der Waals surface area contributed by atoms with Crippen LogP contribution in [0.3, 0.4) is 0 Å². The van der Waals surface area contributed by atoms with E-state index in [2.05, 4.69) is 38.0 Å². The van der Waals surface area contributed by atoms with Gasteiger partial charge in [-0.3, -0.25) is 0 Å².